The van der Waals surface area contributed by atoms with Crippen LogP contribution in [0, 0.1) is 0 Å². The summed E-state index contributed by atoms with van der Waals surface area (Å²) in [5, 5.41) is 12.7. The molecule has 0 radical (unpaired) electrons. The van der Waals surface area contributed by atoms with Crippen LogP contribution in [0.4, 0.5) is 0 Å². The Kier molecular flexibility index (Phi) is 4.66. The van der Waals surface area contributed by atoms with Gasteiger partial charge in [0.05, 0.1) is 11.1 Å². The molecule has 1 atom stereocenters. The molecule has 0 spiro atoms. The first-order valence-electron chi connectivity index (χ1n) is 8.09. The number of carbonyl (C=O) groups is 1. The van der Waals surface area contributed by atoms with Crippen LogP contribution in [0.25, 0.3) is 0 Å². The third-order valence-corrected chi connectivity index (χ3v) is 5.42. The Labute approximate surface area is 138 Å². The predicted molar refractivity (Wildman–Crippen MR) is 89.6 cm³/mol. The van der Waals surface area contributed by atoms with Crippen LogP contribution in [0.1, 0.15) is 71.5 Å². The third-order valence-electron chi connectivity index (χ3n) is 4.44. The van der Waals surface area contributed by atoms with Gasteiger partial charge in [0.15, 0.2) is 5.78 Å². The van der Waals surface area contributed by atoms with Crippen LogP contribution in [0.15, 0.2) is 26.7 Å². The van der Waals surface area contributed by atoms with Crippen molar-refractivity contribution < 1.29 is 14.3 Å². The Balaban J connectivity index is 2.18. The van der Waals surface area contributed by atoms with Crippen molar-refractivity contribution in [2.24, 2.45) is 0 Å². The van der Waals surface area contributed by atoms with Gasteiger partial charge in [-0.15, -0.1) is 11.3 Å². The minimum atomic E-state index is -0.519. The lowest BCUT2D eigenvalue weighted by atomic mass is 9.90. The largest absolute Gasteiger partial charge is 0.506 e. The smallest absolute Gasteiger partial charge is 0.343 e. The first kappa shape index (κ1) is 16.0. The number of Topliss-reactive ketones (excluding diaryl/α,β-unsaturated/α-hetero) is 1. The zero-order valence-electron chi connectivity index (χ0n) is 13.1. The number of rotatable bonds is 3. The van der Waals surface area contributed by atoms with E-state index in [1.165, 1.54) is 11.3 Å². The maximum atomic E-state index is 12.5. The lowest BCUT2D eigenvalue weighted by molar-refractivity contribution is 0.0968. The van der Waals surface area contributed by atoms with Crippen molar-refractivity contribution in [2.45, 2.75) is 51.4 Å². The van der Waals surface area contributed by atoms with E-state index in [2.05, 4.69) is 0 Å². The van der Waals surface area contributed by atoms with Gasteiger partial charge in [0.1, 0.15) is 11.5 Å². The molecule has 4 nitrogen and oxygen atoms in total. The van der Waals surface area contributed by atoms with Crippen LogP contribution in [-0.2, 0) is 6.42 Å². The van der Waals surface area contributed by atoms with Crippen molar-refractivity contribution in [1.82, 2.24) is 0 Å². The molecule has 2 aromatic rings. The molecule has 1 N–H and O–H groups in total. The molecule has 2 heterocycles. The highest BCUT2D eigenvalue weighted by Gasteiger charge is 2.29. The molecule has 5 heteroatoms. The summed E-state index contributed by atoms with van der Waals surface area (Å²) in [6, 6.07) is 3.86. The lowest BCUT2D eigenvalue weighted by Gasteiger charge is -2.18. The molecule has 0 aromatic carbocycles. The molecule has 0 aliphatic heterocycles. The molecule has 3 rings (SSSR count). The average molecular weight is 332 g/mol. The first-order valence-corrected chi connectivity index (χ1v) is 8.96. The summed E-state index contributed by atoms with van der Waals surface area (Å²) in [4.78, 5) is 25.9. The fraction of sp³-hybridized carbons (Fsp3) is 0.444. The van der Waals surface area contributed by atoms with Crippen LogP contribution >= 0.6 is 11.3 Å². The normalized spacial score (nSPS) is 16.5. The van der Waals surface area contributed by atoms with Crippen molar-refractivity contribution in [2.75, 3.05) is 0 Å². The average Bonchev–Trinajstić information content (AvgIpc) is 3.02. The van der Waals surface area contributed by atoms with E-state index >= 15 is 0 Å². The van der Waals surface area contributed by atoms with Gasteiger partial charge in [-0.3, -0.25) is 4.79 Å². The number of carbonyl (C=O) groups excluding carboxylic acids is 1. The van der Waals surface area contributed by atoms with E-state index in [-0.39, 0.29) is 28.6 Å². The second kappa shape index (κ2) is 6.71. The van der Waals surface area contributed by atoms with Gasteiger partial charge in [0.25, 0.3) is 0 Å². The Morgan fingerprint density at radius 1 is 1.26 bits per heavy atom. The van der Waals surface area contributed by atoms with Crippen LogP contribution in [0.2, 0.25) is 0 Å². The minimum absolute atomic E-state index is 0.122. The van der Waals surface area contributed by atoms with Crippen molar-refractivity contribution in [3.63, 3.8) is 0 Å². The van der Waals surface area contributed by atoms with Gasteiger partial charge in [0, 0.05) is 23.6 Å². The SMILES string of the molecule is CCC(c1cccs1)c1c(O)c2c(oc1=O)CCCCCC2=O. The van der Waals surface area contributed by atoms with Gasteiger partial charge in [-0.25, -0.2) is 4.79 Å². The van der Waals surface area contributed by atoms with Crippen LogP contribution in [0.5, 0.6) is 5.75 Å². The summed E-state index contributed by atoms with van der Waals surface area (Å²) < 4.78 is 5.47. The molecule has 2 aromatic heterocycles. The summed E-state index contributed by atoms with van der Waals surface area (Å²) in [7, 11) is 0. The van der Waals surface area contributed by atoms with Gasteiger partial charge in [-0.2, -0.15) is 0 Å². The van der Waals surface area contributed by atoms with Gasteiger partial charge >= 0.3 is 5.63 Å². The number of aromatic hydroxyl groups is 1. The Hall–Kier alpha value is -1.88. The predicted octanol–water partition coefficient (Wildman–Crippen LogP) is 4.25. The maximum Gasteiger partial charge on any atom is 0.343 e. The molecule has 1 aliphatic carbocycles. The zero-order valence-corrected chi connectivity index (χ0v) is 13.9. The van der Waals surface area contributed by atoms with Crippen LogP contribution < -0.4 is 5.63 Å². The van der Waals surface area contributed by atoms with E-state index in [4.69, 9.17) is 4.42 Å². The highest BCUT2D eigenvalue weighted by Crippen LogP contribution is 2.38. The molecule has 0 saturated heterocycles. The van der Waals surface area contributed by atoms with Crippen LogP contribution in [0.3, 0.4) is 0 Å². The van der Waals surface area contributed by atoms with Crippen molar-refractivity contribution in [3.05, 3.63) is 49.7 Å². The summed E-state index contributed by atoms with van der Waals surface area (Å²) in [5.41, 5.74) is -0.0631. The highest BCUT2D eigenvalue weighted by atomic mass is 32.1. The van der Waals surface area contributed by atoms with Gasteiger partial charge in [-0.1, -0.05) is 19.4 Å². The number of hydrogen-bond donors (Lipinski definition) is 1. The third kappa shape index (κ3) is 2.98. The van der Waals surface area contributed by atoms with E-state index in [1.54, 1.807) is 0 Å². The molecule has 122 valence electrons. The maximum absolute atomic E-state index is 12.5. The molecule has 23 heavy (non-hydrogen) atoms. The standard InChI is InChI=1S/C18H20O4S/c1-2-11(14-9-6-10-23-14)15-17(20)16-12(19)7-4-3-5-8-13(16)22-18(15)21/h6,9-11,20H,2-5,7-8H2,1H3. The monoisotopic (exact) mass is 332 g/mol. The topological polar surface area (TPSA) is 67.5 Å². The van der Waals surface area contributed by atoms with Crippen molar-refractivity contribution in [1.29, 1.82) is 0 Å². The molecule has 1 aliphatic rings. The van der Waals surface area contributed by atoms with E-state index in [1.807, 2.05) is 24.4 Å². The van der Waals surface area contributed by atoms with E-state index in [0.29, 0.717) is 25.0 Å². The summed E-state index contributed by atoms with van der Waals surface area (Å²) in [6.07, 6.45) is 4.19. The van der Waals surface area contributed by atoms with Gasteiger partial charge < -0.3 is 9.52 Å². The Morgan fingerprint density at radius 3 is 2.74 bits per heavy atom. The minimum Gasteiger partial charge on any atom is -0.506 e. The van der Waals surface area contributed by atoms with Gasteiger partial charge in [-0.05, 0) is 30.7 Å². The fourth-order valence-corrected chi connectivity index (χ4v) is 4.18. The Morgan fingerprint density at radius 2 is 2.04 bits per heavy atom. The van der Waals surface area contributed by atoms with Crippen molar-refractivity contribution in [3.8, 4) is 5.75 Å². The summed E-state index contributed by atoms with van der Waals surface area (Å²) in [6.45, 7) is 1.96. The molecular weight excluding hydrogens is 312 g/mol. The van der Waals surface area contributed by atoms with E-state index in [0.717, 1.165) is 24.1 Å². The van der Waals surface area contributed by atoms with Crippen LogP contribution in [-0.4, -0.2) is 10.9 Å². The summed E-state index contributed by atoms with van der Waals surface area (Å²) >= 11 is 1.54. The number of thiophene rings is 1. The highest BCUT2D eigenvalue weighted by molar-refractivity contribution is 7.10. The van der Waals surface area contributed by atoms with E-state index in [9.17, 15) is 14.7 Å². The second-order valence-electron chi connectivity index (χ2n) is 5.91. The van der Waals surface area contributed by atoms with Gasteiger partial charge in [0.2, 0.25) is 0 Å². The number of aryl methyl sites for hydroxylation is 1. The number of ketones is 1. The molecule has 0 saturated carbocycles. The molecular formula is C18H20O4S. The lowest BCUT2D eigenvalue weighted by Crippen LogP contribution is -2.19. The molecule has 0 amide bonds. The number of hydrogen-bond acceptors (Lipinski definition) is 5. The van der Waals surface area contributed by atoms with Crippen molar-refractivity contribution >= 4 is 17.1 Å². The summed E-state index contributed by atoms with van der Waals surface area (Å²) in [5.74, 6) is -0.177. The zero-order chi connectivity index (χ0) is 16.4. The Bertz CT molecular complexity index is 758. The van der Waals surface area contributed by atoms with E-state index < -0.39 is 5.63 Å². The second-order valence-corrected chi connectivity index (χ2v) is 6.89. The molecule has 0 fully saturated rings. The first-order chi connectivity index (χ1) is 11.1. The number of fused-ring (bicyclic) bond motifs is 1. The molecule has 0 bridgehead atoms. The fourth-order valence-electron chi connectivity index (χ4n) is 3.26. The molecule has 1 unspecified atom stereocenters. The quantitative estimate of drug-likeness (QED) is 0.912.